The van der Waals surface area contributed by atoms with Crippen LogP contribution in [-0.2, 0) is 23.2 Å². The summed E-state index contributed by atoms with van der Waals surface area (Å²) in [6, 6.07) is 25.6. The number of nitrogens with zero attached hydrogens (tertiary/aromatic N) is 2. The van der Waals surface area contributed by atoms with Gasteiger partial charge in [-0.15, -0.1) is 11.3 Å². The minimum Gasteiger partial charge on any atom is -0.378 e. The molecular formula is C33H28ClN3O3S. The Kier molecular flexibility index (Phi) is 6.53. The van der Waals surface area contributed by atoms with Crippen LogP contribution in [0.3, 0.4) is 0 Å². The van der Waals surface area contributed by atoms with Gasteiger partial charge in [0.05, 0.1) is 23.2 Å². The van der Waals surface area contributed by atoms with Crippen LogP contribution in [0.2, 0.25) is 5.02 Å². The fraction of sp³-hybridized carbons (Fsp3) is 0.242. The van der Waals surface area contributed by atoms with E-state index in [-0.39, 0.29) is 17.5 Å². The lowest BCUT2D eigenvalue weighted by molar-refractivity contribution is -0.141. The molecule has 2 N–H and O–H groups in total. The molecule has 1 atom stereocenters. The number of fused-ring (bicyclic) bond motifs is 2. The average molecular weight is 582 g/mol. The van der Waals surface area contributed by atoms with Gasteiger partial charge < -0.3 is 15.0 Å². The lowest BCUT2D eigenvalue weighted by Crippen LogP contribution is -2.36. The highest BCUT2D eigenvalue weighted by Crippen LogP contribution is 2.52. The van der Waals surface area contributed by atoms with E-state index < -0.39 is 12.0 Å². The van der Waals surface area contributed by atoms with Crippen LogP contribution in [0.4, 0.5) is 0 Å². The number of hydrogen-bond donors (Lipinski definition) is 2. The monoisotopic (exact) mass is 581 g/mol. The third-order valence-electron chi connectivity index (χ3n) is 8.33. The smallest absolute Gasteiger partial charge is 0.256 e. The van der Waals surface area contributed by atoms with E-state index in [0.717, 1.165) is 34.5 Å². The summed E-state index contributed by atoms with van der Waals surface area (Å²) in [5, 5.41) is 13.0. The molecule has 41 heavy (non-hydrogen) atoms. The third-order valence-corrected chi connectivity index (χ3v) is 9.73. The van der Waals surface area contributed by atoms with E-state index in [1.165, 1.54) is 10.1 Å². The van der Waals surface area contributed by atoms with Crippen molar-refractivity contribution < 1.29 is 9.90 Å². The highest BCUT2D eigenvalue weighted by Gasteiger charge is 2.48. The third kappa shape index (κ3) is 4.78. The number of hydrogen-bond acceptors (Lipinski definition) is 5. The van der Waals surface area contributed by atoms with E-state index in [1.807, 2.05) is 54.6 Å². The second-order valence-corrected chi connectivity index (χ2v) is 12.5. The van der Waals surface area contributed by atoms with Crippen molar-refractivity contribution in [1.82, 2.24) is 14.9 Å². The minimum absolute atomic E-state index is 0.119. The fourth-order valence-electron chi connectivity index (χ4n) is 5.91. The maximum Gasteiger partial charge on any atom is 0.256 e. The van der Waals surface area contributed by atoms with Crippen LogP contribution in [0.25, 0.3) is 20.5 Å². The number of aliphatic hydroxyl groups is 1. The largest absolute Gasteiger partial charge is 0.378 e. The van der Waals surface area contributed by atoms with E-state index in [0.29, 0.717) is 41.4 Å². The predicted octanol–water partition coefficient (Wildman–Crippen LogP) is 6.39. The molecule has 0 spiro atoms. The van der Waals surface area contributed by atoms with Crippen LogP contribution in [0, 0.1) is 0 Å². The molecule has 0 radical (unpaired) electrons. The van der Waals surface area contributed by atoms with Gasteiger partial charge >= 0.3 is 0 Å². The Hall–Kier alpha value is -3.78. The highest BCUT2D eigenvalue weighted by atomic mass is 35.5. The van der Waals surface area contributed by atoms with Crippen molar-refractivity contribution in [2.75, 3.05) is 6.54 Å². The lowest BCUT2D eigenvalue weighted by Gasteiger charge is -2.24. The highest BCUT2D eigenvalue weighted by molar-refractivity contribution is 7.22. The first-order chi connectivity index (χ1) is 19.9. The van der Waals surface area contributed by atoms with Gasteiger partial charge in [-0.2, -0.15) is 0 Å². The number of nitrogens with one attached hydrogen (secondary N) is 1. The Morgan fingerprint density at radius 1 is 1.05 bits per heavy atom. The summed E-state index contributed by atoms with van der Waals surface area (Å²) in [5.74, 6) is 0.258. The van der Waals surface area contributed by atoms with Gasteiger partial charge in [0, 0.05) is 21.1 Å². The quantitative estimate of drug-likeness (QED) is 0.252. The molecule has 8 heteroatoms. The Labute approximate surface area is 246 Å². The number of aryl methyl sites for hydroxylation is 1. The first-order valence-electron chi connectivity index (χ1n) is 13.9. The second-order valence-electron chi connectivity index (χ2n) is 11.0. The standard InChI is InChI=1S/C33H28ClN3O3S/c34-24-10-4-9-23(18-24)33(13-14-33)32-35-26-11-5-15-37(19-25(26)30(39)36-32)31(40)29(38)22-8-3-7-20(16-22)28-17-21-6-1-2-12-27(21)41-28/h1-4,6-10,12,16-18,29,38H,5,11,13-15,19H2,(H,35,36,39). The van der Waals surface area contributed by atoms with Crippen molar-refractivity contribution in [2.45, 2.75) is 43.7 Å². The van der Waals surface area contributed by atoms with Crippen molar-refractivity contribution in [1.29, 1.82) is 0 Å². The van der Waals surface area contributed by atoms with E-state index in [1.54, 1.807) is 22.3 Å². The molecule has 1 aliphatic heterocycles. The maximum absolute atomic E-state index is 13.5. The molecule has 1 amide bonds. The number of benzene rings is 3. The molecule has 2 aliphatic rings. The van der Waals surface area contributed by atoms with Crippen LogP contribution in [0.1, 0.15) is 53.6 Å². The number of carbonyl (C=O) groups is 1. The summed E-state index contributed by atoms with van der Waals surface area (Å²) in [4.78, 5) is 37.6. The number of halogens is 1. The molecule has 7 rings (SSSR count). The van der Waals surface area contributed by atoms with Gasteiger partial charge in [-0.05, 0) is 78.1 Å². The Morgan fingerprint density at radius 3 is 2.68 bits per heavy atom. The molecule has 3 aromatic carbocycles. The van der Waals surface area contributed by atoms with Gasteiger partial charge in [0.2, 0.25) is 0 Å². The van der Waals surface area contributed by atoms with E-state index in [2.05, 4.69) is 23.2 Å². The molecule has 1 unspecified atom stereocenters. The van der Waals surface area contributed by atoms with Gasteiger partial charge in [-0.3, -0.25) is 9.59 Å². The summed E-state index contributed by atoms with van der Waals surface area (Å²) >= 11 is 7.94. The zero-order chi connectivity index (χ0) is 28.1. The van der Waals surface area contributed by atoms with Crippen molar-refractivity contribution >= 4 is 38.9 Å². The Morgan fingerprint density at radius 2 is 1.88 bits per heavy atom. The zero-order valence-electron chi connectivity index (χ0n) is 22.3. The van der Waals surface area contributed by atoms with E-state index >= 15 is 0 Å². The topological polar surface area (TPSA) is 86.3 Å². The summed E-state index contributed by atoms with van der Waals surface area (Å²) in [6.07, 6.45) is 1.72. The summed E-state index contributed by atoms with van der Waals surface area (Å²) < 4.78 is 1.19. The number of carbonyl (C=O) groups excluding carboxylic acids is 1. The van der Waals surface area contributed by atoms with Crippen molar-refractivity contribution in [3.05, 3.63) is 122 Å². The first-order valence-corrected chi connectivity index (χ1v) is 15.1. The van der Waals surface area contributed by atoms with Gasteiger partial charge in [0.1, 0.15) is 5.82 Å². The van der Waals surface area contributed by atoms with Gasteiger partial charge in [-0.25, -0.2) is 4.98 Å². The Bertz CT molecular complexity index is 1830. The summed E-state index contributed by atoms with van der Waals surface area (Å²) in [7, 11) is 0. The number of aromatic amines is 1. The molecule has 1 saturated carbocycles. The summed E-state index contributed by atoms with van der Waals surface area (Å²) in [5.41, 5.74) is 3.23. The number of amides is 1. The van der Waals surface area contributed by atoms with Crippen molar-refractivity contribution in [2.24, 2.45) is 0 Å². The molecule has 0 bridgehead atoms. The minimum atomic E-state index is -1.32. The van der Waals surface area contributed by atoms with Crippen LogP contribution in [-0.4, -0.2) is 32.4 Å². The number of H-pyrrole nitrogens is 1. The van der Waals surface area contributed by atoms with Crippen LogP contribution >= 0.6 is 22.9 Å². The fourth-order valence-corrected chi connectivity index (χ4v) is 7.16. The molecule has 0 saturated heterocycles. The van der Waals surface area contributed by atoms with Crippen molar-refractivity contribution in [3.63, 3.8) is 0 Å². The van der Waals surface area contributed by atoms with Gasteiger partial charge in [-0.1, -0.05) is 60.1 Å². The molecule has 6 nitrogen and oxygen atoms in total. The summed E-state index contributed by atoms with van der Waals surface area (Å²) in [6.45, 7) is 0.560. The number of thiophene rings is 1. The van der Waals surface area contributed by atoms with Gasteiger partial charge in [0.25, 0.3) is 11.5 Å². The predicted molar refractivity (Wildman–Crippen MR) is 162 cm³/mol. The van der Waals surface area contributed by atoms with E-state index in [4.69, 9.17) is 16.6 Å². The molecular weight excluding hydrogens is 554 g/mol. The number of aliphatic hydroxyl groups excluding tert-OH is 1. The lowest BCUT2D eigenvalue weighted by atomic mass is 9.94. The van der Waals surface area contributed by atoms with E-state index in [9.17, 15) is 14.7 Å². The Balaban J connectivity index is 1.14. The van der Waals surface area contributed by atoms with Crippen LogP contribution in [0.15, 0.2) is 83.7 Å². The van der Waals surface area contributed by atoms with Crippen LogP contribution in [0.5, 0.6) is 0 Å². The number of aromatic nitrogens is 2. The molecule has 206 valence electrons. The maximum atomic E-state index is 13.5. The number of rotatable bonds is 5. The van der Waals surface area contributed by atoms with Crippen molar-refractivity contribution in [3.8, 4) is 10.4 Å². The van der Waals surface area contributed by atoms with Gasteiger partial charge in [0.15, 0.2) is 6.10 Å². The molecule has 3 heterocycles. The second kappa shape index (κ2) is 10.2. The normalized spacial score (nSPS) is 16.7. The molecule has 1 fully saturated rings. The van der Waals surface area contributed by atoms with Crippen LogP contribution < -0.4 is 5.56 Å². The molecule has 2 aromatic heterocycles. The molecule has 5 aromatic rings. The average Bonchev–Trinajstić information content (AvgIpc) is 3.73. The SMILES string of the molecule is O=C(C(O)c1cccc(-c2cc3ccccc3s2)c1)N1CCCc2nc(C3(c4cccc(Cl)c4)CC3)[nH]c(=O)c2C1. The first kappa shape index (κ1) is 26.1. The molecule has 1 aliphatic carbocycles. The zero-order valence-corrected chi connectivity index (χ0v) is 23.8.